The van der Waals surface area contributed by atoms with Gasteiger partial charge in [-0.25, -0.2) is 12.7 Å². The summed E-state index contributed by atoms with van der Waals surface area (Å²) in [5.74, 6) is 0.829. The van der Waals surface area contributed by atoms with Crippen molar-refractivity contribution in [3.63, 3.8) is 0 Å². The van der Waals surface area contributed by atoms with Crippen LogP contribution in [0.1, 0.15) is 18.1 Å². The summed E-state index contributed by atoms with van der Waals surface area (Å²) in [4.78, 5) is 12.4. The Morgan fingerprint density at radius 1 is 1.10 bits per heavy atom. The molecule has 0 fully saturated rings. The fraction of sp³-hybridized carbons (Fsp3) is 0.381. The number of sulfonamides is 1. The average molecular weight is 455 g/mol. The summed E-state index contributed by atoms with van der Waals surface area (Å²) in [6.45, 7) is 5.94. The van der Waals surface area contributed by atoms with Gasteiger partial charge in [-0.2, -0.15) is 0 Å². The number of hydrogen-bond acceptors (Lipinski definition) is 5. The molecule has 9 heteroatoms. The maximum atomic E-state index is 12.2. The molecule has 0 saturated heterocycles. The van der Waals surface area contributed by atoms with Crippen LogP contribution in [0.15, 0.2) is 41.3 Å². The van der Waals surface area contributed by atoms with Crippen molar-refractivity contribution in [1.29, 1.82) is 0 Å². The minimum atomic E-state index is -3.47. The van der Waals surface area contributed by atoms with E-state index in [0.717, 1.165) is 15.4 Å². The standard InChI is InChI=1S/C21H27ClN2O5S/c1-14-12-18(13-15(2)20(14)22)29-16(3)21(25)23-10-11-28-17-6-8-19(9-7-17)30(26,27)24(4)5/h6-9,12-13,16H,10-11H2,1-5H3,(H,23,25). The number of amides is 1. The van der Waals surface area contributed by atoms with Gasteiger partial charge in [-0.3, -0.25) is 4.79 Å². The molecular weight excluding hydrogens is 428 g/mol. The number of nitrogens with zero attached hydrogens (tertiary/aromatic N) is 1. The van der Waals surface area contributed by atoms with Gasteiger partial charge in [0.15, 0.2) is 6.10 Å². The van der Waals surface area contributed by atoms with Crippen molar-refractivity contribution in [2.24, 2.45) is 0 Å². The van der Waals surface area contributed by atoms with Crippen molar-refractivity contribution in [3.8, 4) is 11.5 Å². The van der Waals surface area contributed by atoms with Crippen LogP contribution in [0, 0.1) is 13.8 Å². The molecule has 7 nitrogen and oxygen atoms in total. The predicted molar refractivity (Wildman–Crippen MR) is 117 cm³/mol. The smallest absolute Gasteiger partial charge is 0.260 e. The number of carbonyl (C=O) groups is 1. The van der Waals surface area contributed by atoms with Gasteiger partial charge in [0, 0.05) is 19.1 Å². The Hall–Kier alpha value is -2.29. The van der Waals surface area contributed by atoms with E-state index in [0.29, 0.717) is 16.5 Å². The first-order valence-corrected chi connectivity index (χ1v) is 11.2. The molecule has 0 aromatic heterocycles. The van der Waals surface area contributed by atoms with Gasteiger partial charge in [-0.15, -0.1) is 0 Å². The largest absolute Gasteiger partial charge is 0.492 e. The van der Waals surface area contributed by atoms with Crippen molar-refractivity contribution >= 4 is 27.5 Å². The fourth-order valence-electron chi connectivity index (χ4n) is 2.64. The molecule has 1 atom stereocenters. The number of nitrogens with one attached hydrogen (secondary N) is 1. The molecule has 2 rings (SSSR count). The van der Waals surface area contributed by atoms with Gasteiger partial charge in [0.1, 0.15) is 18.1 Å². The predicted octanol–water partition coefficient (Wildman–Crippen LogP) is 3.17. The SMILES string of the molecule is Cc1cc(OC(C)C(=O)NCCOc2ccc(S(=O)(=O)N(C)C)cc2)cc(C)c1Cl. The number of ether oxygens (including phenoxy) is 2. The zero-order valence-electron chi connectivity index (χ0n) is 17.7. The first-order valence-electron chi connectivity index (χ1n) is 9.39. The molecule has 30 heavy (non-hydrogen) atoms. The molecule has 0 radical (unpaired) electrons. The summed E-state index contributed by atoms with van der Waals surface area (Å²) in [5.41, 5.74) is 1.77. The Morgan fingerprint density at radius 3 is 2.20 bits per heavy atom. The van der Waals surface area contributed by atoms with E-state index >= 15 is 0 Å². The summed E-state index contributed by atoms with van der Waals surface area (Å²) in [5, 5.41) is 3.43. The summed E-state index contributed by atoms with van der Waals surface area (Å²) < 4.78 is 36.5. The molecule has 1 unspecified atom stereocenters. The highest BCUT2D eigenvalue weighted by Gasteiger charge is 2.17. The second-order valence-electron chi connectivity index (χ2n) is 7.03. The molecule has 0 heterocycles. The summed E-state index contributed by atoms with van der Waals surface area (Å²) in [6.07, 6.45) is -0.680. The van der Waals surface area contributed by atoms with Crippen LogP contribution < -0.4 is 14.8 Å². The highest BCUT2D eigenvalue weighted by molar-refractivity contribution is 7.89. The van der Waals surface area contributed by atoms with E-state index in [1.54, 1.807) is 31.2 Å². The fourth-order valence-corrected chi connectivity index (χ4v) is 3.65. The number of aryl methyl sites for hydroxylation is 2. The first-order chi connectivity index (χ1) is 14.0. The van der Waals surface area contributed by atoms with Crippen molar-refractivity contribution in [2.75, 3.05) is 27.2 Å². The van der Waals surface area contributed by atoms with Crippen molar-refractivity contribution in [2.45, 2.75) is 31.8 Å². The number of halogens is 1. The Balaban J connectivity index is 1.80. The van der Waals surface area contributed by atoms with E-state index in [-0.39, 0.29) is 24.0 Å². The molecule has 0 spiro atoms. The molecule has 0 aliphatic carbocycles. The van der Waals surface area contributed by atoms with E-state index < -0.39 is 16.1 Å². The third-order valence-corrected chi connectivity index (χ3v) is 6.79. The second kappa shape index (κ2) is 10.1. The normalized spacial score (nSPS) is 12.5. The molecule has 2 aromatic carbocycles. The van der Waals surface area contributed by atoms with Crippen LogP contribution >= 0.6 is 11.6 Å². The van der Waals surface area contributed by atoms with E-state index in [9.17, 15) is 13.2 Å². The molecule has 0 saturated carbocycles. The van der Waals surface area contributed by atoms with Gasteiger partial charge in [-0.05, 0) is 68.3 Å². The lowest BCUT2D eigenvalue weighted by atomic mass is 10.1. The first kappa shape index (κ1) is 24.0. The van der Waals surface area contributed by atoms with Gasteiger partial charge in [-0.1, -0.05) is 11.6 Å². The molecule has 1 amide bonds. The number of rotatable bonds is 9. The molecule has 0 bridgehead atoms. The lowest BCUT2D eigenvalue weighted by Gasteiger charge is -2.16. The van der Waals surface area contributed by atoms with Crippen LogP contribution in [0.4, 0.5) is 0 Å². The lowest BCUT2D eigenvalue weighted by Crippen LogP contribution is -2.38. The lowest BCUT2D eigenvalue weighted by molar-refractivity contribution is -0.127. The minimum absolute atomic E-state index is 0.187. The van der Waals surface area contributed by atoms with E-state index in [1.807, 2.05) is 13.8 Å². The van der Waals surface area contributed by atoms with Gasteiger partial charge < -0.3 is 14.8 Å². The van der Waals surface area contributed by atoms with Crippen LogP contribution in [-0.4, -0.2) is 52.0 Å². The summed E-state index contributed by atoms with van der Waals surface area (Å²) >= 11 is 6.15. The maximum absolute atomic E-state index is 12.2. The average Bonchev–Trinajstić information content (AvgIpc) is 2.69. The Bertz CT molecular complexity index is 968. The van der Waals surface area contributed by atoms with Crippen molar-refractivity contribution in [1.82, 2.24) is 9.62 Å². The third kappa shape index (κ3) is 6.10. The molecule has 2 aromatic rings. The maximum Gasteiger partial charge on any atom is 0.260 e. The van der Waals surface area contributed by atoms with Crippen LogP contribution in [0.2, 0.25) is 5.02 Å². The monoisotopic (exact) mass is 454 g/mol. The Labute approximate surface area is 183 Å². The minimum Gasteiger partial charge on any atom is -0.492 e. The van der Waals surface area contributed by atoms with Gasteiger partial charge >= 0.3 is 0 Å². The highest BCUT2D eigenvalue weighted by Crippen LogP contribution is 2.26. The van der Waals surface area contributed by atoms with Gasteiger partial charge in [0.25, 0.3) is 5.91 Å². The zero-order chi connectivity index (χ0) is 22.5. The van der Waals surface area contributed by atoms with Crippen LogP contribution in [0.3, 0.4) is 0 Å². The summed E-state index contributed by atoms with van der Waals surface area (Å²) in [7, 11) is -0.525. The third-order valence-electron chi connectivity index (χ3n) is 4.36. The van der Waals surface area contributed by atoms with Crippen LogP contribution in [0.25, 0.3) is 0 Å². The second-order valence-corrected chi connectivity index (χ2v) is 9.56. The number of carbonyl (C=O) groups excluding carboxylic acids is 1. The summed E-state index contributed by atoms with van der Waals surface area (Å²) in [6, 6.07) is 9.71. The molecule has 0 aliphatic heterocycles. The van der Waals surface area contributed by atoms with Gasteiger partial charge in [0.2, 0.25) is 10.0 Å². The zero-order valence-corrected chi connectivity index (χ0v) is 19.3. The highest BCUT2D eigenvalue weighted by atomic mass is 35.5. The molecule has 1 N–H and O–H groups in total. The van der Waals surface area contributed by atoms with E-state index in [2.05, 4.69) is 5.32 Å². The quantitative estimate of drug-likeness (QED) is 0.588. The molecule has 164 valence electrons. The van der Waals surface area contributed by atoms with Gasteiger partial charge in [0.05, 0.1) is 11.4 Å². The number of hydrogen-bond donors (Lipinski definition) is 1. The number of benzene rings is 2. The van der Waals surface area contributed by atoms with E-state index in [4.69, 9.17) is 21.1 Å². The van der Waals surface area contributed by atoms with Crippen molar-refractivity contribution in [3.05, 3.63) is 52.5 Å². The Morgan fingerprint density at radius 2 is 1.67 bits per heavy atom. The van der Waals surface area contributed by atoms with Crippen molar-refractivity contribution < 1.29 is 22.7 Å². The topological polar surface area (TPSA) is 84.9 Å². The van der Waals surface area contributed by atoms with Crippen LogP contribution in [0.5, 0.6) is 11.5 Å². The Kier molecular flexibility index (Phi) is 8.11. The molecular formula is C21H27ClN2O5S. The van der Waals surface area contributed by atoms with E-state index in [1.165, 1.54) is 26.2 Å². The van der Waals surface area contributed by atoms with Crippen LogP contribution in [-0.2, 0) is 14.8 Å². The molecule has 0 aliphatic rings.